The Hall–Kier alpha value is -10.2. The van der Waals surface area contributed by atoms with E-state index in [1.54, 1.807) is 37.2 Å². The largest absolute Gasteiger partial charge is 2.00 e. The molecule has 0 fully saturated rings. The van der Waals surface area contributed by atoms with E-state index in [0.29, 0.717) is 43.4 Å². The van der Waals surface area contributed by atoms with Crippen LogP contribution >= 0.6 is 0 Å². The number of aryl methyl sites for hydroxylation is 2. The molecule has 16 heteroatoms. The third-order valence-electron chi connectivity index (χ3n) is 16.3. The van der Waals surface area contributed by atoms with Crippen LogP contribution in [0.15, 0.2) is 238 Å². The van der Waals surface area contributed by atoms with E-state index in [9.17, 15) is 20.4 Å². The third-order valence-corrected chi connectivity index (χ3v) is 16.3. The van der Waals surface area contributed by atoms with Gasteiger partial charge in [-0.1, -0.05) is 135 Å². The first-order chi connectivity index (χ1) is 45.2. The molecule has 0 saturated heterocycles. The molecule has 0 aliphatic heterocycles. The number of hydrogen-bond acceptors (Lipinski definition) is 10. The summed E-state index contributed by atoms with van der Waals surface area (Å²) in [6, 6.07) is 61.6. The SMILES string of the molecule is Cc1ccnc(-c2cc(CCCCCCCNC(=O)CCCCC(=O)Nc3cc4cccnc4c4ncccc34)ccn2)c1.[Cu].[N-]=C1C(=[N-])c2c(ccc3ccccc23)-c2ccccc21.[Rh+2].c1cnc2c(c1)ccc1cccnc12.c1cnc2c(c1)ccc1cccnc12. The van der Waals surface area contributed by atoms with Gasteiger partial charge in [-0.15, -0.1) is 0 Å². The Balaban J connectivity index is 0.000000156. The Bertz CT molecular complexity index is 4810. The zero-order valence-electron chi connectivity index (χ0n) is 51.7. The van der Waals surface area contributed by atoms with E-state index in [1.165, 1.54) is 17.5 Å². The molecule has 0 spiro atoms. The first-order valence-corrected chi connectivity index (χ1v) is 31.2. The van der Waals surface area contributed by atoms with Crippen molar-refractivity contribution >= 4 is 105 Å². The molecule has 0 saturated carbocycles. The number of nitrogens with one attached hydrogen (secondary N) is 2. The van der Waals surface area contributed by atoms with Gasteiger partial charge in [0.05, 0.1) is 50.2 Å². The number of benzene rings is 6. The van der Waals surface area contributed by atoms with E-state index in [2.05, 4.69) is 124 Å². The number of unbranched alkanes of at least 4 members (excludes halogenated alkanes) is 5. The molecule has 2 radical (unpaired) electrons. The van der Waals surface area contributed by atoms with Gasteiger partial charge in [-0.2, -0.15) is 11.4 Å². The smallest absolute Gasteiger partial charge is 0.804 e. The summed E-state index contributed by atoms with van der Waals surface area (Å²) in [5.41, 5.74) is 13.7. The maximum atomic E-state index is 12.7. The fourth-order valence-electron chi connectivity index (χ4n) is 11.7. The molecule has 6 aromatic carbocycles. The van der Waals surface area contributed by atoms with Crippen LogP contribution in [0.3, 0.4) is 0 Å². The molecule has 94 heavy (non-hydrogen) atoms. The topological polar surface area (TPSA) is 206 Å². The second-order valence-electron chi connectivity index (χ2n) is 22.7. The van der Waals surface area contributed by atoms with Crippen LogP contribution < -0.4 is 10.6 Å². The number of aromatic nitrogens is 8. The normalized spacial score (nSPS) is 11.2. The number of hydrogen-bond donors (Lipinski definition) is 2. The van der Waals surface area contributed by atoms with Crippen LogP contribution in [0.4, 0.5) is 5.69 Å². The van der Waals surface area contributed by atoms with Crippen molar-refractivity contribution < 1.29 is 46.1 Å². The van der Waals surface area contributed by atoms with Gasteiger partial charge >= 0.3 is 19.5 Å². The maximum Gasteiger partial charge on any atom is 2.00 e. The van der Waals surface area contributed by atoms with E-state index in [-0.39, 0.29) is 59.8 Å². The van der Waals surface area contributed by atoms with Crippen molar-refractivity contribution in [2.75, 3.05) is 11.9 Å². The molecule has 470 valence electrons. The number of nitrogens with zero attached hydrogens (tertiary/aromatic N) is 10. The van der Waals surface area contributed by atoms with Crippen molar-refractivity contribution in [3.8, 4) is 22.5 Å². The summed E-state index contributed by atoms with van der Waals surface area (Å²) >= 11 is 0. The number of rotatable bonds is 15. The molecule has 0 atom stereocenters. The molecule has 14 nitrogen and oxygen atoms in total. The monoisotopic (exact) mass is 1370 g/mol. The molecule has 14 aromatic rings. The molecule has 0 bridgehead atoms. The van der Waals surface area contributed by atoms with Crippen LogP contribution in [0, 0.1) is 6.92 Å². The molecule has 1 aliphatic rings. The zero-order chi connectivity index (χ0) is 63.0. The van der Waals surface area contributed by atoms with E-state index >= 15 is 0 Å². The van der Waals surface area contributed by atoms with Crippen LogP contribution in [-0.4, -0.2) is 69.7 Å². The van der Waals surface area contributed by atoms with Gasteiger partial charge in [0, 0.05) is 118 Å². The number of fused-ring (bicyclic) bond motifs is 14. The Morgan fingerprint density at radius 1 is 0.383 bits per heavy atom. The minimum atomic E-state index is -0.0635. The molecule has 8 heterocycles. The minimum absolute atomic E-state index is 0. The summed E-state index contributed by atoms with van der Waals surface area (Å²) in [5.74, 6) is -0.00689. The van der Waals surface area contributed by atoms with Crippen molar-refractivity contribution in [3.63, 3.8) is 0 Å². The van der Waals surface area contributed by atoms with Gasteiger partial charge in [0.1, 0.15) is 0 Å². The van der Waals surface area contributed by atoms with Gasteiger partial charge in [-0.25, -0.2) is 0 Å². The van der Waals surface area contributed by atoms with Gasteiger partial charge in [0.2, 0.25) is 11.8 Å². The van der Waals surface area contributed by atoms with E-state index < -0.39 is 0 Å². The quantitative estimate of drug-likeness (QED) is 0.0564. The van der Waals surface area contributed by atoms with Gasteiger partial charge in [-0.3, -0.25) is 49.5 Å². The zero-order valence-corrected chi connectivity index (χ0v) is 54.3. The summed E-state index contributed by atoms with van der Waals surface area (Å²) in [4.78, 5) is 60.2. The number of anilines is 1. The molecule has 1 aliphatic carbocycles. The molecule has 2 amide bonds. The number of carbonyl (C=O) groups excluding carboxylic acids is 2. The van der Waals surface area contributed by atoms with Crippen LogP contribution in [0.5, 0.6) is 0 Å². The molecule has 2 N–H and O–H groups in total. The molecular formula is C78H66CuN12O2Rh. The van der Waals surface area contributed by atoms with Crippen LogP contribution in [0.25, 0.3) is 110 Å². The third kappa shape index (κ3) is 16.0. The van der Waals surface area contributed by atoms with Gasteiger partial charge in [0.15, 0.2) is 0 Å². The van der Waals surface area contributed by atoms with Crippen LogP contribution in [0.1, 0.15) is 80.0 Å². The van der Waals surface area contributed by atoms with Crippen molar-refractivity contribution in [1.82, 2.24) is 45.2 Å². The number of pyridine rings is 8. The summed E-state index contributed by atoms with van der Waals surface area (Å²) in [5, 5.41) is 35.1. The molecule has 15 rings (SSSR count). The predicted octanol–water partition coefficient (Wildman–Crippen LogP) is 17.2. The standard InChI is InChI=1S/C36H40N6O2.C18H10N2.2C12H8N2.Cu.Rh/c1-26-16-21-37-31(23-26)32-24-27(17-22-38-32)11-5-3-2-4-8-18-39-33(43)14-6-7-15-34(44)42-30-25-28-12-9-19-40-35(28)36-29(30)13-10-20-41-36;19-17-15-8-4-3-7-13(15)14-10-9-11-5-1-2-6-12(11)16(14)18(17)20;2*1-3-9-5-6-10-4-2-8-14-12(10)11(9)13-7-1;;/h9-10,12-13,16-17,19-25H,2-8,11,14-15,18H2,1H3,(H,39,43)(H,42,44);1-10H;2*1-8H;;/q;-2;;;;+2. The first kappa shape index (κ1) is 66.7. The molecule has 0 unspecified atom stereocenters. The van der Waals surface area contributed by atoms with Crippen molar-refractivity contribution in [1.29, 1.82) is 0 Å². The fourth-order valence-corrected chi connectivity index (χ4v) is 11.7. The Kier molecular flexibility index (Phi) is 23.0. The second kappa shape index (κ2) is 32.4. The Morgan fingerprint density at radius 3 is 1.47 bits per heavy atom. The van der Waals surface area contributed by atoms with Crippen LogP contribution in [0.2, 0.25) is 0 Å². The summed E-state index contributed by atoms with van der Waals surface area (Å²) in [6.45, 7) is 2.77. The average Bonchev–Trinajstić information content (AvgIpc) is 0.750. The van der Waals surface area contributed by atoms with Gasteiger partial charge in [-0.05, 0) is 156 Å². The average molecular weight is 1370 g/mol. The van der Waals surface area contributed by atoms with E-state index in [0.717, 1.165) is 136 Å². The van der Waals surface area contributed by atoms with Crippen LogP contribution in [-0.2, 0) is 52.6 Å². The fraction of sp³-hybridized carbons (Fsp3) is 0.154. The number of carbonyl (C=O) groups is 2. The van der Waals surface area contributed by atoms with Crippen molar-refractivity contribution in [2.45, 2.75) is 71.1 Å². The first-order valence-electron chi connectivity index (χ1n) is 31.2. The van der Waals surface area contributed by atoms with Crippen molar-refractivity contribution in [3.05, 3.63) is 271 Å². The molecular weight excluding hydrogens is 1300 g/mol. The maximum absolute atomic E-state index is 12.7. The Labute approximate surface area is 568 Å². The van der Waals surface area contributed by atoms with E-state index in [4.69, 9.17) is 0 Å². The van der Waals surface area contributed by atoms with E-state index in [1.807, 2.05) is 134 Å². The summed E-state index contributed by atoms with van der Waals surface area (Å²) in [7, 11) is 0. The van der Waals surface area contributed by atoms with Gasteiger partial charge in [0.25, 0.3) is 0 Å². The van der Waals surface area contributed by atoms with Gasteiger partial charge < -0.3 is 21.5 Å². The summed E-state index contributed by atoms with van der Waals surface area (Å²) < 4.78 is 0. The number of amides is 2. The minimum Gasteiger partial charge on any atom is -0.804 e. The Morgan fingerprint density at radius 2 is 0.851 bits per heavy atom. The second-order valence-corrected chi connectivity index (χ2v) is 22.7. The molecule has 8 aromatic heterocycles. The van der Waals surface area contributed by atoms with Crippen molar-refractivity contribution in [2.24, 2.45) is 0 Å². The predicted molar refractivity (Wildman–Crippen MR) is 375 cm³/mol. The summed E-state index contributed by atoms with van der Waals surface area (Å²) in [6.07, 6.45) is 23.1.